The number of carbonyl (C=O) groups excluding carboxylic acids is 1. The minimum atomic E-state index is -2.02. The van der Waals surface area contributed by atoms with E-state index in [1.807, 2.05) is 24.3 Å². The van der Waals surface area contributed by atoms with Crippen molar-refractivity contribution in [2.45, 2.75) is 90.4 Å². The van der Waals surface area contributed by atoms with Gasteiger partial charge in [0.15, 0.2) is 0 Å². The fraction of sp³-hybridized carbons (Fsp3) is 0.609. The van der Waals surface area contributed by atoms with Crippen LogP contribution >= 0.6 is 20.2 Å². The topological polar surface area (TPSA) is 26.3 Å². The number of benzene rings is 1. The number of halogens is 1. The quantitative estimate of drug-likeness (QED) is 0.180. The predicted octanol–water partition coefficient (Wildman–Crippen LogP) is 7.50. The molecule has 0 saturated heterocycles. The van der Waals surface area contributed by atoms with Crippen LogP contribution in [0.4, 0.5) is 0 Å². The Balaban J connectivity index is 1.46. The first-order valence-electron chi connectivity index (χ1n) is 10.3. The van der Waals surface area contributed by atoms with E-state index in [4.69, 9.17) is 3.07 Å². The van der Waals surface area contributed by atoms with E-state index in [0.717, 1.165) is 15.6 Å². The first kappa shape index (κ1) is 21.3. The van der Waals surface area contributed by atoms with Crippen LogP contribution in [0.15, 0.2) is 24.3 Å². The third-order valence-electron chi connectivity index (χ3n) is 4.73. The Labute approximate surface area is 167 Å². The molecule has 0 radical (unpaired) electrons. The van der Waals surface area contributed by atoms with Crippen LogP contribution in [-0.4, -0.2) is 5.97 Å². The molecule has 0 aromatic heterocycles. The zero-order chi connectivity index (χ0) is 18.5. The van der Waals surface area contributed by atoms with Gasteiger partial charge in [-0.2, -0.15) is 0 Å². The molecular formula is C23H33IO2. The molecule has 0 fully saturated rings. The summed E-state index contributed by atoms with van der Waals surface area (Å²) in [6, 6.07) is 7.71. The van der Waals surface area contributed by atoms with Gasteiger partial charge >= 0.3 is 142 Å². The summed E-state index contributed by atoms with van der Waals surface area (Å²) in [5.74, 6) is 3.09. The molecule has 0 atom stereocenters. The van der Waals surface area contributed by atoms with Crippen LogP contribution in [-0.2, 0) is 3.07 Å². The van der Waals surface area contributed by atoms with Crippen molar-refractivity contribution in [3.63, 3.8) is 0 Å². The van der Waals surface area contributed by atoms with E-state index in [2.05, 4.69) is 16.8 Å². The van der Waals surface area contributed by atoms with Crippen molar-refractivity contribution in [1.29, 1.82) is 0 Å². The molecular weight excluding hydrogens is 435 g/mol. The molecule has 144 valence electrons. The van der Waals surface area contributed by atoms with E-state index >= 15 is 0 Å². The van der Waals surface area contributed by atoms with Gasteiger partial charge in [0.1, 0.15) is 0 Å². The van der Waals surface area contributed by atoms with Gasteiger partial charge in [0, 0.05) is 0 Å². The van der Waals surface area contributed by atoms with E-state index in [9.17, 15) is 4.79 Å². The van der Waals surface area contributed by atoms with Crippen LogP contribution in [0, 0.1) is 13.4 Å². The van der Waals surface area contributed by atoms with Crippen LogP contribution in [0.2, 0.25) is 0 Å². The van der Waals surface area contributed by atoms with E-state index in [-0.39, 0.29) is 5.97 Å². The third kappa shape index (κ3) is 7.70. The van der Waals surface area contributed by atoms with Crippen molar-refractivity contribution >= 4 is 26.2 Å². The number of unbranched alkanes of at least 4 members (excludes halogenated alkanes) is 12. The van der Waals surface area contributed by atoms with Crippen molar-refractivity contribution in [3.05, 3.63) is 33.4 Å². The van der Waals surface area contributed by atoms with Gasteiger partial charge in [0.05, 0.1) is 0 Å². The number of fused-ring (bicyclic) bond motifs is 1. The van der Waals surface area contributed by atoms with Gasteiger partial charge in [-0.25, -0.2) is 0 Å². The van der Waals surface area contributed by atoms with Crippen molar-refractivity contribution < 1.29 is 7.86 Å². The van der Waals surface area contributed by atoms with Crippen LogP contribution in [0.3, 0.4) is 0 Å². The van der Waals surface area contributed by atoms with Crippen LogP contribution in [0.25, 0.3) is 0 Å². The molecule has 2 nitrogen and oxygen atoms in total. The standard InChI is InChI=1S/C23H33IO2/c1-2-3-4-5-6-7-8-9-10-11-12-13-14-17-20-24-22-19-16-15-18-21(22)23(25)26-24/h15-16,18-19H,2-14H2,1H3. The maximum atomic E-state index is 11.8. The average molecular weight is 468 g/mol. The molecule has 1 aliphatic heterocycles. The molecule has 1 heterocycles. The van der Waals surface area contributed by atoms with Gasteiger partial charge in [-0.05, 0) is 0 Å². The van der Waals surface area contributed by atoms with Gasteiger partial charge in [0.2, 0.25) is 0 Å². The van der Waals surface area contributed by atoms with E-state index in [0.29, 0.717) is 0 Å². The van der Waals surface area contributed by atoms with Gasteiger partial charge < -0.3 is 0 Å². The first-order valence-corrected chi connectivity index (χ1v) is 13.4. The molecule has 0 aliphatic carbocycles. The molecule has 1 aromatic carbocycles. The number of hydrogen-bond acceptors (Lipinski definition) is 2. The number of rotatable bonds is 12. The molecule has 0 unspecified atom stereocenters. The second-order valence-corrected chi connectivity index (χ2v) is 10.6. The fourth-order valence-corrected chi connectivity index (χ4v) is 6.52. The van der Waals surface area contributed by atoms with E-state index < -0.39 is 20.2 Å². The predicted molar refractivity (Wildman–Crippen MR) is 118 cm³/mol. The van der Waals surface area contributed by atoms with Crippen molar-refractivity contribution in [3.8, 4) is 9.85 Å². The van der Waals surface area contributed by atoms with Crippen molar-refractivity contribution in [2.75, 3.05) is 0 Å². The van der Waals surface area contributed by atoms with Crippen LogP contribution < -0.4 is 0 Å². The van der Waals surface area contributed by atoms with E-state index in [1.54, 1.807) is 0 Å². The molecule has 26 heavy (non-hydrogen) atoms. The third-order valence-corrected chi connectivity index (χ3v) is 8.44. The van der Waals surface area contributed by atoms with Gasteiger partial charge in [-0.1, -0.05) is 26.2 Å². The Hall–Kier alpha value is -1.02. The Kier molecular flexibility index (Phi) is 10.8. The Bertz CT molecular complexity index is 600. The number of hydrogen-bond donors (Lipinski definition) is 0. The molecule has 0 saturated carbocycles. The maximum absolute atomic E-state index is 11.8. The summed E-state index contributed by atoms with van der Waals surface area (Å²) in [6.45, 7) is 2.27. The molecule has 0 spiro atoms. The molecule has 1 aliphatic rings. The van der Waals surface area contributed by atoms with Gasteiger partial charge in [-0.15, -0.1) is 0 Å². The summed E-state index contributed by atoms with van der Waals surface area (Å²) in [5, 5.41) is 0. The van der Waals surface area contributed by atoms with Crippen LogP contribution in [0.5, 0.6) is 0 Å². The van der Waals surface area contributed by atoms with Gasteiger partial charge in [0.25, 0.3) is 0 Å². The summed E-state index contributed by atoms with van der Waals surface area (Å²) in [6.07, 6.45) is 17.3. The zero-order valence-corrected chi connectivity index (χ0v) is 18.4. The van der Waals surface area contributed by atoms with Crippen molar-refractivity contribution in [1.82, 2.24) is 0 Å². The van der Waals surface area contributed by atoms with Gasteiger partial charge in [-0.3, -0.25) is 0 Å². The van der Waals surface area contributed by atoms with E-state index in [1.165, 1.54) is 77.0 Å². The Morgan fingerprint density at radius 2 is 1.42 bits per heavy atom. The summed E-state index contributed by atoms with van der Waals surface area (Å²) >= 11 is -2.02. The summed E-state index contributed by atoms with van der Waals surface area (Å²) < 4.78 is 9.83. The molecule has 0 bridgehead atoms. The van der Waals surface area contributed by atoms with Crippen LogP contribution in [0.1, 0.15) is 101 Å². The molecule has 2 rings (SSSR count). The summed E-state index contributed by atoms with van der Waals surface area (Å²) in [4.78, 5) is 11.8. The first-order chi connectivity index (χ1) is 12.8. The molecule has 0 N–H and O–H groups in total. The zero-order valence-electron chi connectivity index (χ0n) is 16.2. The fourth-order valence-electron chi connectivity index (χ4n) is 3.16. The second kappa shape index (κ2) is 13.2. The average Bonchev–Trinajstić information content (AvgIpc) is 2.98. The Morgan fingerprint density at radius 1 is 0.846 bits per heavy atom. The molecule has 3 heteroatoms. The SMILES string of the molecule is CCCCCCCCCCCCCCC#CI1OC(=O)c2ccccc21. The summed E-state index contributed by atoms with van der Waals surface area (Å²) in [5.41, 5.74) is 0.734. The monoisotopic (exact) mass is 468 g/mol. The van der Waals surface area contributed by atoms with Crippen molar-refractivity contribution in [2.24, 2.45) is 0 Å². The number of carbonyl (C=O) groups is 1. The molecule has 1 aromatic rings. The Morgan fingerprint density at radius 3 is 2.08 bits per heavy atom. The molecule has 0 amide bonds. The normalized spacial score (nSPS) is 13.9. The summed E-state index contributed by atoms with van der Waals surface area (Å²) in [7, 11) is 0. The minimum absolute atomic E-state index is 0.175. The second-order valence-electron chi connectivity index (χ2n) is 7.00.